The maximum Gasteiger partial charge on any atom is 0.258 e. The van der Waals surface area contributed by atoms with Crippen LogP contribution in [-0.2, 0) is 12.8 Å². The molecule has 3 nitrogen and oxygen atoms in total. The Balaban J connectivity index is 1.90. The van der Waals surface area contributed by atoms with Gasteiger partial charge in [-0.1, -0.05) is 41.4 Å². The number of aryl methyl sites for hydroxylation is 2. The van der Waals surface area contributed by atoms with Crippen LogP contribution in [0.2, 0.25) is 0 Å². The molecule has 144 valence electrons. The van der Waals surface area contributed by atoms with Crippen LogP contribution in [0.15, 0.2) is 46.9 Å². The molecule has 2 aromatic carbocycles. The van der Waals surface area contributed by atoms with Crippen LogP contribution in [0, 0.1) is 0 Å². The number of anilines is 1. The lowest BCUT2D eigenvalue weighted by atomic mass is 10.0. The standard InChI is InChI=1S/C23H29BrN2O/c1-4-5-6-17-7-9-18(10-8-17)23(27)26-16-21(25(2)3)13-11-19-15-20(24)12-14-22(19)26/h7-10,12,14-15,21H,4-6,11,13,16H2,1-3H3. The molecule has 1 aliphatic heterocycles. The summed E-state index contributed by atoms with van der Waals surface area (Å²) in [6.07, 6.45) is 5.49. The van der Waals surface area contributed by atoms with Crippen molar-refractivity contribution >= 4 is 27.5 Å². The first-order valence-electron chi connectivity index (χ1n) is 9.85. The van der Waals surface area contributed by atoms with Crippen molar-refractivity contribution in [3.05, 3.63) is 63.6 Å². The number of halogens is 1. The lowest BCUT2D eigenvalue weighted by molar-refractivity contribution is 0.0980. The quantitative estimate of drug-likeness (QED) is 0.643. The Kier molecular flexibility index (Phi) is 6.72. The summed E-state index contributed by atoms with van der Waals surface area (Å²) in [6.45, 7) is 2.92. The predicted octanol–water partition coefficient (Wildman–Crippen LogP) is 5.31. The minimum Gasteiger partial charge on any atom is -0.307 e. The Morgan fingerprint density at radius 1 is 1.19 bits per heavy atom. The fourth-order valence-electron chi connectivity index (χ4n) is 3.70. The molecule has 2 aromatic rings. The summed E-state index contributed by atoms with van der Waals surface area (Å²) < 4.78 is 1.07. The van der Waals surface area contributed by atoms with Gasteiger partial charge in [0.05, 0.1) is 0 Å². The maximum absolute atomic E-state index is 13.4. The van der Waals surface area contributed by atoms with E-state index in [1.165, 1.54) is 24.0 Å². The van der Waals surface area contributed by atoms with Crippen LogP contribution >= 0.6 is 15.9 Å². The van der Waals surface area contributed by atoms with Gasteiger partial charge in [-0.15, -0.1) is 0 Å². The summed E-state index contributed by atoms with van der Waals surface area (Å²) in [4.78, 5) is 17.6. The number of fused-ring (bicyclic) bond motifs is 1. The van der Waals surface area contributed by atoms with E-state index in [-0.39, 0.29) is 5.91 Å². The molecule has 27 heavy (non-hydrogen) atoms. The number of unbranched alkanes of at least 4 members (excludes halogenated alkanes) is 1. The number of hydrogen-bond acceptors (Lipinski definition) is 2. The molecule has 0 saturated carbocycles. The Bertz CT molecular complexity index is 785. The molecule has 0 aliphatic carbocycles. The number of carbonyl (C=O) groups excluding carboxylic acids is 1. The minimum absolute atomic E-state index is 0.0920. The lowest BCUT2D eigenvalue weighted by Gasteiger charge is -2.29. The van der Waals surface area contributed by atoms with E-state index in [0.717, 1.165) is 41.5 Å². The second kappa shape index (κ2) is 9.03. The zero-order chi connectivity index (χ0) is 19.4. The number of hydrogen-bond donors (Lipinski definition) is 0. The van der Waals surface area contributed by atoms with Crippen molar-refractivity contribution in [2.24, 2.45) is 0 Å². The molecule has 1 unspecified atom stereocenters. The van der Waals surface area contributed by atoms with Gasteiger partial charge in [-0.3, -0.25) is 4.79 Å². The Hall–Kier alpha value is -1.65. The zero-order valence-corrected chi connectivity index (χ0v) is 18.1. The van der Waals surface area contributed by atoms with Gasteiger partial charge in [0.1, 0.15) is 0 Å². The Labute approximate surface area is 171 Å². The van der Waals surface area contributed by atoms with Gasteiger partial charge in [0.2, 0.25) is 0 Å². The molecule has 0 aromatic heterocycles. The van der Waals surface area contributed by atoms with Gasteiger partial charge in [-0.25, -0.2) is 0 Å². The van der Waals surface area contributed by atoms with Crippen molar-refractivity contribution in [2.45, 2.75) is 45.1 Å². The normalized spacial score (nSPS) is 16.9. The maximum atomic E-state index is 13.4. The largest absolute Gasteiger partial charge is 0.307 e. The monoisotopic (exact) mass is 428 g/mol. The van der Waals surface area contributed by atoms with Gasteiger partial charge in [-0.2, -0.15) is 0 Å². The topological polar surface area (TPSA) is 23.6 Å². The lowest BCUT2D eigenvalue weighted by Crippen LogP contribution is -2.42. The van der Waals surface area contributed by atoms with Crippen molar-refractivity contribution in [1.82, 2.24) is 4.90 Å². The van der Waals surface area contributed by atoms with Crippen molar-refractivity contribution in [3.63, 3.8) is 0 Å². The van der Waals surface area contributed by atoms with Crippen molar-refractivity contribution in [2.75, 3.05) is 25.5 Å². The van der Waals surface area contributed by atoms with E-state index >= 15 is 0 Å². The molecule has 1 atom stereocenters. The first kappa shape index (κ1) is 20.1. The Morgan fingerprint density at radius 3 is 2.59 bits per heavy atom. The fourth-order valence-corrected chi connectivity index (χ4v) is 4.11. The summed E-state index contributed by atoms with van der Waals surface area (Å²) in [5.41, 5.74) is 4.35. The summed E-state index contributed by atoms with van der Waals surface area (Å²) in [5, 5.41) is 0. The summed E-state index contributed by atoms with van der Waals surface area (Å²) in [6, 6.07) is 14.8. The molecule has 0 saturated heterocycles. The molecule has 1 aliphatic rings. The molecule has 1 amide bonds. The first-order valence-corrected chi connectivity index (χ1v) is 10.6. The molecule has 0 fully saturated rings. The summed E-state index contributed by atoms with van der Waals surface area (Å²) in [7, 11) is 4.20. The highest BCUT2D eigenvalue weighted by molar-refractivity contribution is 9.10. The van der Waals surface area contributed by atoms with E-state index in [9.17, 15) is 4.79 Å². The van der Waals surface area contributed by atoms with E-state index in [4.69, 9.17) is 0 Å². The average molecular weight is 429 g/mol. The molecule has 0 N–H and O–H groups in total. The number of nitrogens with zero attached hydrogens (tertiary/aromatic N) is 2. The summed E-state index contributed by atoms with van der Waals surface area (Å²) in [5.74, 6) is 0.0920. The predicted molar refractivity (Wildman–Crippen MR) is 117 cm³/mol. The van der Waals surface area contributed by atoms with Gasteiger partial charge in [-0.05, 0) is 81.2 Å². The number of likely N-dealkylation sites (N-methyl/N-ethyl adjacent to an activating group) is 1. The highest BCUT2D eigenvalue weighted by atomic mass is 79.9. The van der Waals surface area contributed by atoms with Crippen LogP contribution in [-0.4, -0.2) is 37.5 Å². The van der Waals surface area contributed by atoms with Crippen molar-refractivity contribution in [3.8, 4) is 0 Å². The van der Waals surface area contributed by atoms with Gasteiger partial charge < -0.3 is 9.80 Å². The van der Waals surface area contributed by atoms with Crippen molar-refractivity contribution < 1.29 is 4.79 Å². The highest BCUT2D eigenvalue weighted by Crippen LogP contribution is 2.31. The SMILES string of the molecule is CCCCc1ccc(C(=O)N2CC(N(C)C)CCc3cc(Br)ccc32)cc1. The van der Waals surface area contributed by atoms with Gasteiger partial charge in [0.15, 0.2) is 0 Å². The number of carbonyl (C=O) groups is 1. The van der Waals surface area contributed by atoms with E-state index in [1.807, 2.05) is 23.1 Å². The molecule has 0 bridgehead atoms. The third-order valence-corrected chi connectivity index (χ3v) is 5.96. The van der Waals surface area contributed by atoms with E-state index < -0.39 is 0 Å². The highest BCUT2D eigenvalue weighted by Gasteiger charge is 2.28. The second-order valence-electron chi connectivity index (χ2n) is 7.65. The third-order valence-electron chi connectivity index (χ3n) is 5.47. The van der Waals surface area contributed by atoms with Gasteiger partial charge in [0.25, 0.3) is 5.91 Å². The number of amides is 1. The third kappa shape index (κ3) is 4.80. The van der Waals surface area contributed by atoms with Gasteiger partial charge in [0, 0.05) is 28.3 Å². The van der Waals surface area contributed by atoms with E-state index in [2.05, 4.69) is 66.1 Å². The molecular formula is C23H29BrN2O. The molecule has 3 rings (SSSR count). The fraction of sp³-hybridized carbons (Fsp3) is 0.435. The van der Waals surface area contributed by atoms with Crippen LogP contribution < -0.4 is 4.90 Å². The van der Waals surface area contributed by atoms with Crippen LogP contribution in [0.4, 0.5) is 5.69 Å². The number of rotatable bonds is 5. The van der Waals surface area contributed by atoms with Gasteiger partial charge >= 0.3 is 0 Å². The molecule has 0 spiro atoms. The second-order valence-corrected chi connectivity index (χ2v) is 8.56. The van der Waals surface area contributed by atoms with Crippen LogP contribution in [0.3, 0.4) is 0 Å². The molecule has 0 radical (unpaired) electrons. The Morgan fingerprint density at radius 2 is 1.93 bits per heavy atom. The van der Waals surface area contributed by atoms with E-state index in [1.54, 1.807) is 0 Å². The van der Waals surface area contributed by atoms with Crippen molar-refractivity contribution in [1.29, 1.82) is 0 Å². The zero-order valence-electron chi connectivity index (χ0n) is 16.5. The van der Waals surface area contributed by atoms with E-state index in [0.29, 0.717) is 6.04 Å². The molecule has 4 heteroatoms. The first-order chi connectivity index (χ1) is 13.0. The average Bonchev–Trinajstić information content (AvgIpc) is 2.85. The number of benzene rings is 2. The molecular weight excluding hydrogens is 400 g/mol. The minimum atomic E-state index is 0.0920. The van der Waals surface area contributed by atoms with Crippen LogP contribution in [0.1, 0.15) is 47.7 Å². The summed E-state index contributed by atoms with van der Waals surface area (Å²) >= 11 is 3.58. The van der Waals surface area contributed by atoms with Crippen LogP contribution in [0.25, 0.3) is 0 Å². The molecule has 1 heterocycles. The van der Waals surface area contributed by atoms with Crippen LogP contribution in [0.5, 0.6) is 0 Å². The smallest absolute Gasteiger partial charge is 0.258 e.